The monoisotopic (exact) mass is 713 g/mol. The summed E-state index contributed by atoms with van der Waals surface area (Å²) in [4.78, 5) is 9.47. The highest BCUT2D eigenvalue weighted by Gasteiger charge is 2.26. The van der Waals surface area contributed by atoms with Gasteiger partial charge in [-0.05, 0) is 54.1 Å². The lowest BCUT2D eigenvalue weighted by molar-refractivity contribution is 0.102. The zero-order chi connectivity index (χ0) is 34.3. The van der Waals surface area contributed by atoms with Gasteiger partial charge in [0.05, 0.1) is 16.1 Å². The SMILES string of the molecule is N#Cc1c(N)sc(/N=N/c2cc(S(=O)(=O)O)c3cc(S(=O)(=O)O)cc(S(=O)(=O)O)c3c2)c1-c1cccc(NC(=O)c2ccccc2)c1. The van der Waals surface area contributed by atoms with Gasteiger partial charge in [0.1, 0.15) is 25.9 Å². The molecular formula is C28H19N5O10S4. The zero-order valence-corrected chi connectivity index (χ0v) is 26.5. The number of thiophene rings is 1. The molecule has 5 rings (SSSR count). The molecule has 0 aliphatic rings. The lowest BCUT2D eigenvalue weighted by Gasteiger charge is -2.11. The number of nitrogens with one attached hydrogen (secondary N) is 1. The van der Waals surface area contributed by atoms with Crippen molar-refractivity contribution in [3.8, 4) is 17.2 Å². The molecule has 0 fully saturated rings. The second-order valence-corrected chi connectivity index (χ2v) is 14.9. The Morgan fingerprint density at radius 3 is 2.04 bits per heavy atom. The molecule has 5 aromatic rings. The molecule has 0 radical (unpaired) electrons. The van der Waals surface area contributed by atoms with Crippen LogP contribution in [0.1, 0.15) is 15.9 Å². The summed E-state index contributed by atoms with van der Waals surface area (Å²) in [5.41, 5.74) is 7.04. The molecule has 0 aliphatic carbocycles. The van der Waals surface area contributed by atoms with Crippen LogP contribution in [0.4, 0.5) is 21.4 Å². The number of rotatable bonds is 8. The summed E-state index contributed by atoms with van der Waals surface area (Å²) in [6, 6.07) is 19.4. The fourth-order valence-electron chi connectivity index (χ4n) is 4.52. The van der Waals surface area contributed by atoms with Crippen LogP contribution in [0, 0.1) is 11.3 Å². The topological polar surface area (TPSA) is 267 Å². The van der Waals surface area contributed by atoms with Crippen molar-refractivity contribution in [3.05, 3.63) is 90.0 Å². The van der Waals surface area contributed by atoms with E-state index in [2.05, 4.69) is 15.5 Å². The fourth-order valence-corrected chi connectivity index (χ4v) is 7.43. The highest BCUT2D eigenvalue weighted by molar-refractivity contribution is 7.87. The van der Waals surface area contributed by atoms with Crippen molar-refractivity contribution in [3.63, 3.8) is 0 Å². The molecule has 6 N–H and O–H groups in total. The minimum atomic E-state index is -5.24. The number of fused-ring (bicyclic) bond motifs is 1. The minimum Gasteiger partial charge on any atom is -0.389 e. The second kappa shape index (κ2) is 12.3. The van der Waals surface area contributed by atoms with E-state index in [-0.39, 0.29) is 21.1 Å². The Kier molecular flexibility index (Phi) is 8.69. The number of nitriles is 1. The maximum atomic E-state index is 12.7. The second-order valence-electron chi connectivity index (χ2n) is 9.62. The van der Waals surface area contributed by atoms with Crippen molar-refractivity contribution in [1.82, 2.24) is 0 Å². The molecule has 0 unspecified atom stereocenters. The summed E-state index contributed by atoms with van der Waals surface area (Å²) in [6.07, 6.45) is 0. The number of carbonyl (C=O) groups is 1. The maximum absolute atomic E-state index is 12.7. The van der Waals surface area contributed by atoms with Gasteiger partial charge < -0.3 is 11.1 Å². The van der Waals surface area contributed by atoms with Crippen LogP contribution >= 0.6 is 11.3 Å². The quantitative estimate of drug-likeness (QED) is 0.0995. The molecule has 47 heavy (non-hydrogen) atoms. The fraction of sp³-hybridized carbons (Fsp3) is 0. The van der Waals surface area contributed by atoms with E-state index in [1.54, 1.807) is 54.6 Å². The van der Waals surface area contributed by atoms with Gasteiger partial charge in [-0.25, -0.2) is 0 Å². The van der Waals surface area contributed by atoms with Gasteiger partial charge in [0.25, 0.3) is 36.3 Å². The number of carbonyl (C=O) groups excluding carboxylic acids is 1. The molecular weight excluding hydrogens is 695 g/mol. The Labute approximate surface area is 270 Å². The molecule has 0 saturated carbocycles. The number of benzene rings is 4. The van der Waals surface area contributed by atoms with Crippen LogP contribution in [0.5, 0.6) is 0 Å². The Bertz CT molecular complexity index is 2510. The Balaban J connectivity index is 1.65. The summed E-state index contributed by atoms with van der Waals surface area (Å²) >= 11 is 0.831. The number of nitrogens with two attached hydrogens (primary N) is 1. The van der Waals surface area contributed by atoms with Crippen molar-refractivity contribution in [2.45, 2.75) is 14.7 Å². The largest absolute Gasteiger partial charge is 0.389 e. The number of nitrogens with zero attached hydrogens (tertiary/aromatic N) is 3. The van der Waals surface area contributed by atoms with Gasteiger partial charge in [0.15, 0.2) is 0 Å². The third-order valence-electron chi connectivity index (χ3n) is 6.54. The first-order valence-electron chi connectivity index (χ1n) is 12.7. The van der Waals surface area contributed by atoms with E-state index in [9.17, 15) is 49.0 Å². The number of anilines is 2. The highest BCUT2D eigenvalue weighted by Crippen LogP contribution is 2.45. The number of hydrogen-bond donors (Lipinski definition) is 5. The molecule has 1 heterocycles. The average molecular weight is 714 g/mol. The van der Waals surface area contributed by atoms with Crippen LogP contribution < -0.4 is 11.1 Å². The maximum Gasteiger partial charge on any atom is 0.295 e. The first-order valence-corrected chi connectivity index (χ1v) is 17.9. The van der Waals surface area contributed by atoms with E-state index >= 15 is 0 Å². The van der Waals surface area contributed by atoms with E-state index in [4.69, 9.17) is 5.73 Å². The van der Waals surface area contributed by atoms with E-state index < -0.39 is 67.4 Å². The molecule has 0 spiro atoms. The molecule has 1 aromatic heterocycles. The number of nitrogen functional groups attached to an aromatic ring is 1. The predicted octanol–water partition coefficient (Wildman–Crippen LogP) is 5.43. The van der Waals surface area contributed by atoms with Crippen molar-refractivity contribution in [1.29, 1.82) is 5.26 Å². The number of azo groups is 1. The van der Waals surface area contributed by atoms with Crippen molar-refractivity contribution >= 4 is 79.7 Å². The van der Waals surface area contributed by atoms with Crippen molar-refractivity contribution in [2.75, 3.05) is 11.1 Å². The Hall–Kier alpha value is -5.07. The normalized spacial score (nSPS) is 12.3. The average Bonchev–Trinajstić information content (AvgIpc) is 3.32. The van der Waals surface area contributed by atoms with Gasteiger partial charge in [0.2, 0.25) is 0 Å². The Morgan fingerprint density at radius 2 is 1.43 bits per heavy atom. The number of hydrogen-bond acceptors (Lipinski definition) is 12. The van der Waals surface area contributed by atoms with Crippen LogP contribution in [0.2, 0.25) is 0 Å². The van der Waals surface area contributed by atoms with Crippen molar-refractivity contribution < 1.29 is 43.7 Å². The predicted molar refractivity (Wildman–Crippen MR) is 171 cm³/mol. The van der Waals surface area contributed by atoms with Crippen LogP contribution in [0.15, 0.2) is 104 Å². The van der Waals surface area contributed by atoms with E-state index in [1.807, 2.05) is 6.07 Å². The first kappa shape index (κ1) is 33.3. The molecule has 19 heteroatoms. The Morgan fingerprint density at radius 1 is 0.787 bits per heavy atom. The molecule has 0 atom stereocenters. The lowest BCUT2D eigenvalue weighted by atomic mass is 10.0. The van der Waals surface area contributed by atoms with Crippen LogP contribution in [-0.4, -0.2) is 44.8 Å². The molecule has 240 valence electrons. The molecule has 0 aliphatic heterocycles. The summed E-state index contributed by atoms with van der Waals surface area (Å²) in [6.45, 7) is 0. The van der Waals surface area contributed by atoms with Crippen LogP contribution in [-0.2, 0) is 30.4 Å². The smallest absolute Gasteiger partial charge is 0.295 e. The first-order chi connectivity index (χ1) is 22.0. The van der Waals surface area contributed by atoms with Gasteiger partial charge in [-0.3, -0.25) is 18.5 Å². The van der Waals surface area contributed by atoms with Gasteiger partial charge >= 0.3 is 0 Å². The van der Waals surface area contributed by atoms with Crippen LogP contribution in [0.3, 0.4) is 0 Å². The lowest BCUT2D eigenvalue weighted by Crippen LogP contribution is -2.11. The van der Waals surface area contributed by atoms with Gasteiger partial charge in [-0.1, -0.05) is 41.7 Å². The summed E-state index contributed by atoms with van der Waals surface area (Å²) in [5, 5.41) is 19.5. The molecule has 0 bridgehead atoms. The van der Waals surface area contributed by atoms with Gasteiger partial charge in [0, 0.05) is 27.6 Å². The summed E-state index contributed by atoms with van der Waals surface area (Å²) in [5.74, 6) is -0.396. The highest BCUT2D eigenvalue weighted by atomic mass is 32.2. The third-order valence-corrected chi connectivity index (χ3v) is 10.1. The molecule has 1 amide bonds. The van der Waals surface area contributed by atoms with Gasteiger partial charge in [-0.2, -0.15) is 30.5 Å². The van der Waals surface area contributed by atoms with Crippen molar-refractivity contribution in [2.24, 2.45) is 10.2 Å². The molecule has 15 nitrogen and oxygen atoms in total. The standard InChI is InChI=1S/C28H19N5O10S4/c29-14-22-25(16-7-4-8-17(9-16)31-27(34)15-5-2-1-3-6-15)28(44-26(22)30)33-32-18-10-20-21(23(11-18)46(38,39)40)12-19(45(35,36)37)13-24(20)47(41,42)43/h1-13H,30H2,(H,31,34)(H,35,36,37)(H,38,39,40)(H,41,42,43)/b33-32+. The molecule has 0 saturated heterocycles. The third kappa shape index (κ3) is 7.03. The summed E-state index contributed by atoms with van der Waals surface area (Å²) in [7, 11) is -15.6. The van der Waals surface area contributed by atoms with Crippen LogP contribution in [0.25, 0.3) is 21.9 Å². The van der Waals surface area contributed by atoms with E-state index in [0.717, 1.165) is 23.5 Å². The summed E-state index contributed by atoms with van der Waals surface area (Å²) < 4.78 is 102. The van der Waals surface area contributed by atoms with Gasteiger partial charge in [-0.15, -0.1) is 10.2 Å². The van der Waals surface area contributed by atoms with E-state index in [0.29, 0.717) is 28.9 Å². The number of amides is 1. The minimum absolute atomic E-state index is 0.0130. The van der Waals surface area contributed by atoms with E-state index in [1.165, 1.54) is 0 Å². The zero-order valence-electron chi connectivity index (χ0n) is 23.3. The molecule has 4 aromatic carbocycles.